The molecule has 0 fully saturated rings. The molecular weight excluding hydrogens is 432 g/mol. The maximum Gasteiger partial charge on any atom is 0.202 e. The van der Waals surface area contributed by atoms with Crippen molar-refractivity contribution >= 4 is 29.2 Å². The van der Waals surface area contributed by atoms with Crippen LogP contribution in [0.4, 0.5) is 11.4 Å². The predicted octanol–water partition coefficient (Wildman–Crippen LogP) is 7.93. The molecular formula is C31H31N2S+. The van der Waals surface area contributed by atoms with Crippen LogP contribution >= 0.6 is 11.8 Å². The van der Waals surface area contributed by atoms with Crippen molar-refractivity contribution in [3.8, 4) is 0 Å². The molecule has 2 N–H and O–H groups in total. The minimum Gasteiger partial charge on any atom is -0.271 e. The lowest BCUT2D eigenvalue weighted by molar-refractivity contribution is 0.356. The molecule has 0 bridgehead atoms. The van der Waals surface area contributed by atoms with Gasteiger partial charge in [0, 0.05) is 11.5 Å². The highest BCUT2D eigenvalue weighted by Gasteiger charge is 2.48. The lowest BCUT2D eigenvalue weighted by atomic mass is 9.87. The summed E-state index contributed by atoms with van der Waals surface area (Å²) < 4.78 is 0.652. The molecule has 0 saturated heterocycles. The molecule has 34 heavy (non-hydrogen) atoms. The lowest BCUT2D eigenvalue weighted by Crippen LogP contribution is -2.54. The van der Waals surface area contributed by atoms with E-state index >= 15 is 0 Å². The van der Waals surface area contributed by atoms with E-state index in [2.05, 4.69) is 116 Å². The molecule has 1 heterocycles. The fraction of sp³-hybridized carbons (Fsp3) is 0.161. The van der Waals surface area contributed by atoms with Gasteiger partial charge in [0.05, 0.1) is 11.4 Å². The highest BCUT2D eigenvalue weighted by molar-refractivity contribution is 8.00. The van der Waals surface area contributed by atoms with Crippen molar-refractivity contribution in [3.63, 3.8) is 0 Å². The topological polar surface area (TPSA) is 26.0 Å². The monoisotopic (exact) mass is 463 g/mol. The van der Waals surface area contributed by atoms with E-state index in [0.29, 0.717) is 10.4 Å². The molecule has 2 unspecified atom stereocenters. The van der Waals surface area contributed by atoms with Crippen LogP contribution in [0.5, 0.6) is 0 Å². The third kappa shape index (κ3) is 4.12. The van der Waals surface area contributed by atoms with E-state index in [-0.39, 0.29) is 5.50 Å². The Morgan fingerprint density at radius 2 is 1.38 bits per heavy atom. The molecule has 2 nitrogen and oxygen atoms in total. The van der Waals surface area contributed by atoms with Gasteiger partial charge in [0.15, 0.2) is 5.69 Å². The average Bonchev–Trinajstić information content (AvgIpc) is 3.20. The average molecular weight is 464 g/mol. The summed E-state index contributed by atoms with van der Waals surface area (Å²) in [5.74, 6) is 0.360. The number of thioether (sulfide) groups is 1. The van der Waals surface area contributed by atoms with Crippen LogP contribution in [0.2, 0.25) is 0 Å². The summed E-state index contributed by atoms with van der Waals surface area (Å²) in [5.41, 5.74) is 13.3. The summed E-state index contributed by atoms with van der Waals surface area (Å²) in [4.78, 5) is 1.26. The fourth-order valence-corrected chi connectivity index (χ4v) is 6.68. The number of quaternary nitrogens is 1. The number of hydrogen-bond donors (Lipinski definition) is 1. The normalized spacial score (nSPS) is 19.2. The highest BCUT2D eigenvalue weighted by atomic mass is 32.2. The van der Waals surface area contributed by atoms with E-state index in [0.717, 1.165) is 19.4 Å². The van der Waals surface area contributed by atoms with Gasteiger partial charge in [-0.05, 0) is 60.0 Å². The van der Waals surface area contributed by atoms with E-state index < -0.39 is 0 Å². The number of nitrogens with zero attached hydrogens (tertiary/aromatic N) is 1. The van der Waals surface area contributed by atoms with Gasteiger partial charge < -0.3 is 0 Å². The van der Waals surface area contributed by atoms with Gasteiger partial charge in [-0.3, -0.25) is 5.73 Å². The third-order valence-electron chi connectivity index (χ3n) is 6.96. The Labute approximate surface area is 207 Å². The molecule has 2 atom stereocenters. The number of nitrogens with two attached hydrogens (primary N) is 1. The number of hydrogen-bond acceptors (Lipinski definition) is 2. The van der Waals surface area contributed by atoms with Crippen molar-refractivity contribution in [2.24, 2.45) is 5.73 Å². The Kier molecular flexibility index (Phi) is 6.68. The number of para-hydroxylation sites is 2. The van der Waals surface area contributed by atoms with Gasteiger partial charge in [-0.15, -0.1) is 0 Å². The third-order valence-corrected chi connectivity index (χ3v) is 8.14. The Morgan fingerprint density at radius 1 is 0.794 bits per heavy atom. The van der Waals surface area contributed by atoms with Crippen LogP contribution in [-0.2, 0) is 0 Å². The van der Waals surface area contributed by atoms with Gasteiger partial charge in [0.2, 0.25) is 5.50 Å². The Hall–Kier alpha value is -3.11. The molecule has 0 saturated carbocycles. The second kappa shape index (κ2) is 10.0. The second-order valence-electron chi connectivity index (χ2n) is 8.85. The summed E-state index contributed by atoms with van der Waals surface area (Å²) in [6.07, 6.45) is 4.08. The van der Waals surface area contributed by atoms with E-state index in [1.807, 2.05) is 6.08 Å². The molecule has 0 aromatic heterocycles. The summed E-state index contributed by atoms with van der Waals surface area (Å²) in [7, 11) is 0. The maximum absolute atomic E-state index is 6.96. The van der Waals surface area contributed by atoms with Gasteiger partial charge in [0.25, 0.3) is 0 Å². The maximum atomic E-state index is 6.96. The molecule has 5 rings (SSSR count). The van der Waals surface area contributed by atoms with E-state index in [9.17, 15) is 0 Å². The summed E-state index contributed by atoms with van der Waals surface area (Å²) in [6, 6.07) is 39.0. The zero-order valence-electron chi connectivity index (χ0n) is 19.4. The smallest absolute Gasteiger partial charge is 0.202 e. The molecule has 1 aliphatic rings. The molecule has 4 aromatic carbocycles. The van der Waals surface area contributed by atoms with Crippen LogP contribution in [0.1, 0.15) is 35.4 Å². The van der Waals surface area contributed by atoms with Gasteiger partial charge in [0.1, 0.15) is 5.69 Å². The molecule has 0 spiro atoms. The first-order chi connectivity index (χ1) is 16.7. The first-order valence-electron chi connectivity index (χ1n) is 12.0. The van der Waals surface area contributed by atoms with Crippen LogP contribution in [0, 0.1) is 0 Å². The second-order valence-corrected chi connectivity index (χ2v) is 10.0. The fourth-order valence-electron chi connectivity index (χ4n) is 5.35. The van der Waals surface area contributed by atoms with Crippen LogP contribution in [0.25, 0.3) is 6.08 Å². The van der Waals surface area contributed by atoms with Gasteiger partial charge in [-0.1, -0.05) is 97.6 Å². The Balaban J connectivity index is 1.52. The number of rotatable bonds is 8. The van der Waals surface area contributed by atoms with Crippen molar-refractivity contribution < 1.29 is 0 Å². The number of fused-ring (bicyclic) bond motifs is 1. The van der Waals surface area contributed by atoms with Crippen LogP contribution in [0.3, 0.4) is 0 Å². The first-order valence-corrected chi connectivity index (χ1v) is 12.8. The van der Waals surface area contributed by atoms with Crippen molar-refractivity contribution in [2.75, 3.05) is 6.54 Å². The van der Waals surface area contributed by atoms with Crippen molar-refractivity contribution in [1.82, 2.24) is 4.48 Å². The van der Waals surface area contributed by atoms with E-state index in [1.54, 1.807) is 11.8 Å². The molecule has 0 aliphatic carbocycles. The van der Waals surface area contributed by atoms with Crippen LogP contribution < -0.4 is 10.2 Å². The molecule has 1 aliphatic heterocycles. The summed E-state index contributed by atoms with van der Waals surface area (Å²) in [5, 5.41) is 0. The first kappa shape index (κ1) is 22.7. The summed E-state index contributed by atoms with van der Waals surface area (Å²) >= 11 is 1.78. The van der Waals surface area contributed by atoms with Gasteiger partial charge >= 0.3 is 0 Å². The lowest BCUT2D eigenvalue weighted by Gasteiger charge is -2.38. The van der Waals surface area contributed by atoms with E-state index in [1.165, 1.54) is 33.0 Å². The van der Waals surface area contributed by atoms with Crippen molar-refractivity contribution in [1.29, 1.82) is 0 Å². The predicted molar refractivity (Wildman–Crippen MR) is 147 cm³/mol. The molecule has 0 radical (unpaired) electrons. The van der Waals surface area contributed by atoms with Crippen LogP contribution in [0.15, 0.2) is 121 Å². The Morgan fingerprint density at radius 3 is 1.97 bits per heavy atom. The zero-order chi connectivity index (χ0) is 23.4. The van der Waals surface area contributed by atoms with E-state index in [4.69, 9.17) is 5.73 Å². The number of benzene rings is 4. The molecule has 4 aromatic rings. The minimum atomic E-state index is -0.0922. The minimum absolute atomic E-state index is 0.0922. The van der Waals surface area contributed by atoms with Gasteiger partial charge in [-0.2, -0.15) is 0 Å². The molecule has 170 valence electrons. The van der Waals surface area contributed by atoms with Crippen LogP contribution in [-0.4, -0.2) is 12.0 Å². The zero-order valence-corrected chi connectivity index (χ0v) is 20.2. The van der Waals surface area contributed by atoms with Crippen molar-refractivity contribution in [3.05, 3.63) is 132 Å². The highest BCUT2D eigenvalue weighted by Crippen LogP contribution is 2.54. The largest absolute Gasteiger partial charge is 0.271 e. The SMILES string of the molecule is C=Cc1cccc2c1[N+](CCCC(c1ccccc1)c1ccccc1)(c1ccccc1)C(N)S2. The van der Waals surface area contributed by atoms with Gasteiger partial charge in [-0.25, -0.2) is 4.48 Å². The quantitative estimate of drug-likeness (QED) is 0.269. The van der Waals surface area contributed by atoms with Crippen molar-refractivity contribution in [2.45, 2.75) is 29.2 Å². The summed E-state index contributed by atoms with van der Waals surface area (Å²) in [6.45, 7) is 5.06. The standard InChI is InChI=1S/C31H31N2S/c1-2-24-18-12-22-29-30(24)33(31(32)34-29,27-19-10-5-11-20-27)23-13-21-28(25-14-6-3-7-15-25)26-16-8-4-9-17-26/h2-12,14-20,22,28,31H,1,13,21,23,32H2/q+1. The Bertz CT molecular complexity index is 1200. The molecule has 3 heteroatoms. The molecule has 0 amide bonds.